The Balaban J connectivity index is 0.000000225. The third-order valence-corrected chi connectivity index (χ3v) is 3.72. The molecule has 118 valence electrons. The molecular weight excluding hydrogens is 275 g/mol. The lowest BCUT2D eigenvalue weighted by atomic mass is 9.87. The fourth-order valence-electron chi connectivity index (χ4n) is 1.78. The van der Waals surface area contributed by atoms with E-state index in [1.807, 2.05) is 27.7 Å². The van der Waals surface area contributed by atoms with Crippen molar-refractivity contribution in [3.63, 3.8) is 0 Å². The van der Waals surface area contributed by atoms with Crippen molar-refractivity contribution in [3.8, 4) is 0 Å². The summed E-state index contributed by atoms with van der Waals surface area (Å²) in [6, 6.07) is 0. The van der Waals surface area contributed by atoms with Gasteiger partial charge in [0, 0.05) is 0 Å². The summed E-state index contributed by atoms with van der Waals surface area (Å²) in [4.78, 5) is 0. The highest BCUT2D eigenvalue weighted by atomic mass is 16.7. The molecule has 0 atom stereocenters. The molecule has 0 N–H and O–H groups in total. The largest absolute Gasteiger partial charge is 0.535 e. The number of hydrogen-bond acceptors (Lipinski definition) is 6. The molecule has 0 bridgehead atoms. The molecule has 0 radical (unpaired) electrons. The van der Waals surface area contributed by atoms with Crippen LogP contribution in [0.4, 0.5) is 0 Å². The standard InChI is InChI=1S/C10H17BO4.C4H6O2/c1-9(2)10(3,4)15-11(14-9)8-7-12-5-6-13-8;1-2-6-4-3-5-1/h7H,5-6H2,1-4H3;1-2H,3-4H2. The maximum atomic E-state index is 5.81. The number of hydrogen-bond donors (Lipinski definition) is 0. The predicted octanol–water partition coefficient (Wildman–Crippen LogP) is 2.01. The average Bonchev–Trinajstić information content (AvgIpc) is 2.71. The van der Waals surface area contributed by atoms with Crippen LogP contribution in [0.5, 0.6) is 0 Å². The van der Waals surface area contributed by atoms with Crippen LogP contribution < -0.4 is 0 Å². The van der Waals surface area contributed by atoms with Gasteiger partial charge in [-0.05, 0) is 27.7 Å². The predicted molar refractivity (Wildman–Crippen MR) is 77.1 cm³/mol. The summed E-state index contributed by atoms with van der Waals surface area (Å²) in [5.41, 5.74) is -0.0431. The van der Waals surface area contributed by atoms with Gasteiger partial charge in [0.25, 0.3) is 0 Å². The van der Waals surface area contributed by atoms with Gasteiger partial charge in [0.15, 0.2) is 5.66 Å². The maximum Gasteiger partial charge on any atom is 0.535 e. The zero-order valence-electron chi connectivity index (χ0n) is 13.1. The van der Waals surface area contributed by atoms with Crippen LogP contribution in [0.2, 0.25) is 0 Å². The lowest BCUT2D eigenvalue weighted by molar-refractivity contribution is 0.00578. The van der Waals surface area contributed by atoms with E-state index in [-0.39, 0.29) is 11.2 Å². The first-order valence-corrected chi connectivity index (χ1v) is 7.11. The van der Waals surface area contributed by atoms with Crippen LogP contribution >= 0.6 is 0 Å². The SMILES string of the molecule is C1=COCCO1.CC1(C)OB(C2=COCCO2)OC1(C)C. The summed E-state index contributed by atoms with van der Waals surface area (Å²) in [5, 5.41) is 0. The van der Waals surface area contributed by atoms with Crippen molar-refractivity contribution in [2.24, 2.45) is 0 Å². The minimum Gasteiger partial charge on any atom is -0.495 e. The van der Waals surface area contributed by atoms with E-state index in [0.717, 1.165) is 0 Å². The topological polar surface area (TPSA) is 55.4 Å². The molecular formula is C14H23BO6. The Labute approximate surface area is 126 Å². The van der Waals surface area contributed by atoms with Crippen LogP contribution in [0.25, 0.3) is 0 Å². The van der Waals surface area contributed by atoms with Gasteiger partial charge in [-0.15, -0.1) is 0 Å². The average molecular weight is 298 g/mol. The molecule has 0 amide bonds. The minimum absolute atomic E-state index is 0.334. The van der Waals surface area contributed by atoms with Crippen molar-refractivity contribution in [2.45, 2.75) is 38.9 Å². The van der Waals surface area contributed by atoms with Gasteiger partial charge in [0.1, 0.15) is 45.2 Å². The van der Waals surface area contributed by atoms with Crippen molar-refractivity contribution in [1.29, 1.82) is 0 Å². The molecule has 3 aliphatic rings. The normalized spacial score (nSPS) is 25.3. The van der Waals surface area contributed by atoms with Crippen LogP contribution in [0.1, 0.15) is 27.7 Å². The third kappa shape index (κ3) is 4.08. The molecule has 0 aromatic carbocycles. The molecule has 0 spiro atoms. The van der Waals surface area contributed by atoms with Crippen molar-refractivity contribution in [2.75, 3.05) is 26.4 Å². The molecule has 0 aromatic rings. The first-order chi connectivity index (χ1) is 9.92. The summed E-state index contributed by atoms with van der Waals surface area (Å²) in [7, 11) is -0.449. The third-order valence-electron chi connectivity index (χ3n) is 3.72. The molecule has 0 aliphatic carbocycles. The van der Waals surface area contributed by atoms with Gasteiger partial charge in [0.05, 0.1) is 11.2 Å². The van der Waals surface area contributed by atoms with Crippen LogP contribution in [0.3, 0.4) is 0 Å². The molecule has 1 saturated heterocycles. The fourth-order valence-corrected chi connectivity index (χ4v) is 1.78. The van der Waals surface area contributed by atoms with Crippen molar-refractivity contribution >= 4 is 7.12 Å². The highest BCUT2D eigenvalue weighted by molar-refractivity contribution is 6.53. The van der Waals surface area contributed by atoms with Crippen molar-refractivity contribution in [1.82, 2.24) is 0 Å². The molecule has 21 heavy (non-hydrogen) atoms. The summed E-state index contributed by atoms with van der Waals surface area (Å²) < 4.78 is 31.8. The zero-order valence-corrected chi connectivity index (χ0v) is 13.1. The van der Waals surface area contributed by atoms with Crippen LogP contribution in [-0.4, -0.2) is 44.7 Å². The van der Waals surface area contributed by atoms with E-state index in [4.69, 9.17) is 28.3 Å². The van der Waals surface area contributed by atoms with E-state index in [1.54, 1.807) is 18.8 Å². The van der Waals surface area contributed by atoms with E-state index >= 15 is 0 Å². The molecule has 3 rings (SSSR count). The van der Waals surface area contributed by atoms with Crippen LogP contribution in [0, 0.1) is 0 Å². The lowest BCUT2D eigenvalue weighted by Crippen LogP contribution is -2.41. The Hall–Kier alpha value is -1.34. The van der Waals surface area contributed by atoms with E-state index in [0.29, 0.717) is 32.1 Å². The Morgan fingerprint density at radius 2 is 1.33 bits per heavy atom. The molecule has 1 fully saturated rings. The van der Waals surface area contributed by atoms with Gasteiger partial charge in [-0.25, -0.2) is 0 Å². The number of rotatable bonds is 1. The second-order valence-electron chi connectivity index (χ2n) is 5.84. The minimum atomic E-state index is -0.449. The second-order valence-corrected chi connectivity index (χ2v) is 5.84. The maximum absolute atomic E-state index is 5.81. The molecule has 7 heteroatoms. The smallest absolute Gasteiger partial charge is 0.495 e. The zero-order chi connectivity index (χ0) is 15.3. The molecule has 6 nitrogen and oxygen atoms in total. The Bertz CT molecular complexity index is 380. The van der Waals surface area contributed by atoms with Gasteiger partial charge < -0.3 is 28.3 Å². The molecule has 0 saturated carbocycles. The van der Waals surface area contributed by atoms with E-state index in [2.05, 4.69) is 0 Å². The van der Waals surface area contributed by atoms with E-state index in [1.165, 1.54) is 0 Å². The quantitative estimate of drug-likeness (QED) is 0.690. The molecule has 0 unspecified atom stereocenters. The number of ether oxygens (including phenoxy) is 4. The highest BCUT2D eigenvalue weighted by Crippen LogP contribution is 2.38. The van der Waals surface area contributed by atoms with Crippen LogP contribution in [0.15, 0.2) is 24.4 Å². The summed E-state index contributed by atoms with van der Waals surface area (Å²) in [6.45, 7) is 10.6. The monoisotopic (exact) mass is 298 g/mol. The van der Waals surface area contributed by atoms with Gasteiger partial charge >= 0.3 is 7.12 Å². The Morgan fingerprint density at radius 1 is 0.810 bits per heavy atom. The van der Waals surface area contributed by atoms with Gasteiger partial charge in [0.2, 0.25) is 0 Å². The Kier molecular flexibility index (Phi) is 5.06. The fraction of sp³-hybridized carbons (Fsp3) is 0.714. The van der Waals surface area contributed by atoms with E-state index in [9.17, 15) is 0 Å². The van der Waals surface area contributed by atoms with Crippen molar-refractivity contribution < 1.29 is 28.3 Å². The molecule has 3 aliphatic heterocycles. The van der Waals surface area contributed by atoms with Gasteiger partial charge in [-0.3, -0.25) is 0 Å². The van der Waals surface area contributed by atoms with Crippen molar-refractivity contribution in [3.05, 3.63) is 24.4 Å². The first-order valence-electron chi connectivity index (χ1n) is 7.11. The molecule has 0 aromatic heterocycles. The summed E-state index contributed by atoms with van der Waals surface area (Å²) in [6.07, 6.45) is 4.67. The van der Waals surface area contributed by atoms with Gasteiger partial charge in [-0.1, -0.05) is 0 Å². The van der Waals surface area contributed by atoms with Gasteiger partial charge in [-0.2, -0.15) is 0 Å². The lowest BCUT2D eigenvalue weighted by Gasteiger charge is -2.32. The summed E-state index contributed by atoms with van der Waals surface area (Å²) in [5.74, 6) is 0. The summed E-state index contributed by atoms with van der Waals surface area (Å²) >= 11 is 0. The van der Waals surface area contributed by atoms with E-state index < -0.39 is 7.12 Å². The molecule has 3 heterocycles. The van der Waals surface area contributed by atoms with Crippen LogP contribution in [-0.2, 0) is 28.3 Å². The Morgan fingerprint density at radius 3 is 1.71 bits per heavy atom. The first kappa shape index (κ1) is 16.0. The second kappa shape index (κ2) is 6.62. The highest BCUT2D eigenvalue weighted by Gasteiger charge is 2.53.